The monoisotopic (exact) mass is 359 g/mol. The van der Waals surface area contributed by atoms with Gasteiger partial charge >= 0.3 is 0 Å². The van der Waals surface area contributed by atoms with Gasteiger partial charge in [-0.15, -0.1) is 0 Å². The molecule has 3 rings (SSSR count). The van der Waals surface area contributed by atoms with Gasteiger partial charge in [-0.25, -0.2) is 0 Å². The number of hydrogen-bond acceptors (Lipinski definition) is 3. The first-order valence-corrected chi connectivity index (χ1v) is 8.64. The second-order valence-corrected chi connectivity index (χ2v) is 6.52. The van der Waals surface area contributed by atoms with Crippen molar-refractivity contribution in [2.75, 3.05) is 0 Å². The highest BCUT2D eigenvalue weighted by atomic mass is 16.2. The lowest BCUT2D eigenvalue weighted by molar-refractivity contribution is 0.0951. The van der Waals surface area contributed by atoms with Crippen LogP contribution in [0.15, 0.2) is 60.8 Å². The Bertz CT molecular complexity index is 977. The Morgan fingerprint density at radius 2 is 1.63 bits per heavy atom. The molecule has 0 bridgehead atoms. The fourth-order valence-corrected chi connectivity index (χ4v) is 2.70. The number of benzene rings is 2. The SMILES string of the molecule is Cc1ccc(-c2cc(C(N)=O)cc(C(=O)NCc3ccc(C)nc3)c2)cc1. The molecule has 0 atom stereocenters. The fraction of sp³-hybridized carbons (Fsp3) is 0.136. The normalized spacial score (nSPS) is 10.4. The van der Waals surface area contributed by atoms with E-state index in [0.717, 1.165) is 27.9 Å². The number of pyridine rings is 1. The Labute approximate surface area is 158 Å². The third-order valence-corrected chi connectivity index (χ3v) is 4.29. The molecular formula is C22H21N3O2. The van der Waals surface area contributed by atoms with Gasteiger partial charge in [0.1, 0.15) is 0 Å². The average Bonchev–Trinajstić information content (AvgIpc) is 2.67. The lowest BCUT2D eigenvalue weighted by atomic mass is 9.98. The van der Waals surface area contributed by atoms with Crippen LogP contribution in [0.1, 0.15) is 37.5 Å². The topological polar surface area (TPSA) is 85.1 Å². The van der Waals surface area contributed by atoms with Gasteiger partial charge in [0.15, 0.2) is 0 Å². The molecule has 0 unspecified atom stereocenters. The molecular weight excluding hydrogens is 338 g/mol. The van der Waals surface area contributed by atoms with Crippen LogP contribution in [0, 0.1) is 13.8 Å². The zero-order valence-corrected chi connectivity index (χ0v) is 15.3. The van der Waals surface area contributed by atoms with Gasteiger partial charge in [0.05, 0.1) is 0 Å². The molecule has 0 fully saturated rings. The maximum Gasteiger partial charge on any atom is 0.251 e. The van der Waals surface area contributed by atoms with Crippen molar-refractivity contribution in [3.63, 3.8) is 0 Å². The molecule has 1 aromatic heterocycles. The summed E-state index contributed by atoms with van der Waals surface area (Å²) in [4.78, 5) is 28.5. The van der Waals surface area contributed by atoms with Crippen LogP contribution in [0.4, 0.5) is 0 Å². The standard InChI is InChI=1S/C22H21N3O2/c1-14-3-7-17(8-4-14)18-9-19(21(23)26)11-20(10-18)22(27)25-13-16-6-5-15(2)24-12-16/h3-12H,13H2,1-2H3,(H2,23,26)(H,25,27). The van der Waals surface area contributed by atoms with Crippen molar-refractivity contribution < 1.29 is 9.59 Å². The van der Waals surface area contributed by atoms with Crippen molar-refractivity contribution in [2.24, 2.45) is 5.73 Å². The molecule has 0 aliphatic heterocycles. The zero-order valence-electron chi connectivity index (χ0n) is 15.3. The van der Waals surface area contributed by atoms with Crippen LogP contribution in [0.2, 0.25) is 0 Å². The summed E-state index contributed by atoms with van der Waals surface area (Å²) in [5.74, 6) is -0.840. The molecule has 0 saturated heterocycles. The van der Waals surface area contributed by atoms with Crippen molar-refractivity contribution in [1.82, 2.24) is 10.3 Å². The van der Waals surface area contributed by atoms with E-state index < -0.39 is 5.91 Å². The summed E-state index contributed by atoms with van der Waals surface area (Å²) in [6.07, 6.45) is 1.73. The number of primary amides is 1. The lowest BCUT2D eigenvalue weighted by Gasteiger charge is -2.10. The molecule has 3 N–H and O–H groups in total. The number of nitrogens with zero attached hydrogens (tertiary/aromatic N) is 1. The molecule has 2 aromatic carbocycles. The predicted octanol–water partition coefficient (Wildman–Crippen LogP) is 3.39. The van der Waals surface area contributed by atoms with Crippen molar-refractivity contribution in [3.05, 3.63) is 88.7 Å². The molecule has 2 amide bonds. The Morgan fingerprint density at radius 3 is 2.26 bits per heavy atom. The Morgan fingerprint density at radius 1 is 0.926 bits per heavy atom. The highest BCUT2D eigenvalue weighted by Crippen LogP contribution is 2.23. The summed E-state index contributed by atoms with van der Waals surface area (Å²) in [6.45, 7) is 4.26. The number of nitrogens with one attached hydrogen (secondary N) is 1. The van der Waals surface area contributed by atoms with Crippen LogP contribution in [0.3, 0.4) is 0 Å². The Kier molecular flexibility index (Phi) is 5.31. The van der Waals surface area contributed by atoms with E-state index in [1.54, 1.807) is 18.3 Å². The third-order valence-electron chi connectivity index (χ3n) is 4.29. The number of aryl methyl sites for hydroxylation is 2. The van der Waals surface area contributed by atoms with Crippen molar-refractivity contribution >= 4 is 11.8 Å². The number of carbonyl (C=O) groups is 2. The minimum Gasteiger partial charge on any atom is -0.366 e. The Balaban J connectivity index is 1.86. The quantitative estimate of drug-likeness (QED) is 0.732. The predicted molar refractivity (Wildman–Crippen MR) is 105 cm³/mol. The molecule has 0 aliphatic carbocycles. The number of rotatable bonds is 5. The van der Waals surface area contributed by atoms with Crippen LogP contribution in [0.25, 0.3) is 11.1 Å². The second kappa shape index (κ2) is 7.83. The molecule has 5 nitrogen and oxygen atoms in total. The molecule has 3 aromatic rings. The first kappa shape index (κ1) is 18.3. The lowest BCUT2D eigenvalue weighted by Crippen LogP contribution is -2.23. The van der Waals surface area contributed by atoms with E-state index in [4.69, 9.17) is 5.73 Å². The summed E-state index contributed by atoms with van der Waals surface area (Å²) >= 11 is 0. The van der Waals surface area contributed by atoms with Gasteiger partial charge in [-0.05, 0) is 54.8 Å². The molecule has 0 radical (unpaired) electrons. The molecule has 0 spiro atoms. The van der Waals surface area contributed by atoms with Crippen LogP contribution in [-0.4, -0.2) is 16.8 Å². The highest BCUT2D eigenvalue weighted by molar-refractivity contribution is 6.01. The molecule has 1 heterocycles. The average molecular weight is 359 g/mol. The van der Waals surface area contributed by atoms with E-state index in [2.05, 4.69) is 10.3 Å². The summed E-state index contributed by atoms with van der Waals surface area (Å²) in [7, 11) is 0. The van der Waals surface area contributed by atoms with Crippen molar-refractivity contribution in [2.45, 2.75) is 20.4 Å². The third kappa shape index (κ3) is 4.58. The minimum atomic E-state index is -0.569. The molecule has 27 heavy (non-hydrogen) atoms. The fourth-order valence-electron chi connectivity index (χ4n) is 2.70. The van der Waals surface area contributed by atoms with Crippen LogP contribution >= 0.6 is 0 Å². The number of amides is 2. The van der Waals surface area contributed by atoms with E-state index in [9.17, 15) is 9.59 Å². The smallest absolute Gasteiger partial charge is 0.251 e. The molecule has 136 valence electrons. The summed E-state index contributed by atoms with van der Waals surface area (Å²) < 4.78 is 0. The molecule has 0 aliphatic rings. The van der Waals surface area contributed by atoms with Gasteiger partial charge < -0.3 is 11.1 Å². The van der Waals surface area contributed by atoms with E-state index in [0.29, 0.717) is 17.7 Å². The van der Waals surface area contributed by atoms with Gasteiger partial charge in [-0.1, -0.05) is 35.9 Å². The molecule has 0 saturated carbocycles. The summed E-state index contributed by atoms with van der Waals surface area (Å²) in [5.41, 5.74) is 10.8. The van der Waals surface area contributed by atoms with E-state index in [1.807, 2.05) is 50.2 Å². The van der Waals surface area contributed by atoms with Gasteiger partial charge in [0, 0.05) is 29.6 Å². The number of carbonyl (C=O) groups excluding carboxylic acids is 2. The maximum atomic E-state index is 12.6. The van der Waals surface area contributed by atoms with Gasteiger partial charge in [0.25, 0.3) is 5.91 Å². The zero-order chi connectivity index (χ0) is 19.4. The first-order chi connectivity index (χ1) is 12.9. The van der Waals surface area contributed by atoms with E-state index in [-0.39, 0.29) is 5.91 Å². The van der Waals surface area contributed by atoms with Gasteiger partial charge in [-0.3, -0.25) is 14.6 Å². The minimum absolute atomic E-state index is 0.271. The maximum absolute atomic E-state index is 12.6. The van der Waals surface area contributed by atoms with Crippen molar-refractivity contribution in [3.8, 4) is 11.1 Å². The van der Waals surface area contributed by atoms with E-state index >= 15 is 0 Å². The van der Waals surface area contributed by atoms with E-state index in [1.165, 1.54) is 6.07 Å². The number of aromatic nitrogens is 1. The largest absolute Gasteiger partial charge is 0.366 e. The first-order valence-electron chi connectivity index (χ1n) is 8.64. The summed E-state index contributed by atoms with van der Waals surface area (Å²) in [5, 5.41) is 2.86. The highest BCUT2D eigenvalue weighted by Gasteiger charge is 2.12. The van der Waals surface area contributed by atoms with Gasteiger partial charge in [-0.2, -0.15) is 0 Å². The van der Waals surface area contributed by atoms with Crippen molar-refractivity contribution in [1.29, 1.82) is 0 Å². The van der Waals surface area contributed by atoms with Crippen LogP contribution in [-0.2, 0) is 6.54 Å². The van der Waals surface area contributed by atoms with Gasteiger partial charge in [0.2, 0.25) is 5.91 Å². The Hall–Kier alpha value is -3.47. The number of hydrogen-bond donors (Lipinski definition) is 2. The number of nitrogens with two attached hydrogens (primary N) is 1. The molecule has 5 heteroatoms. The second-order valence-electron chi connectivity index (χ2n) is 6.52. The van der Waals surface area contributed by atoms with Crippen LogP contribution < -0.4 is 11.1 Å². The summed E-state index contributed by atoms with van der Waals surface area (Å²) in [6, 6.07) is 16.7. The van der Waals surface area contributed by atoms with Crippen LogP contribution in [0.5, 0.6) is 0 Å².